The van der Waals surface area contributed by atoms with E-state index in [0.29, 0.717) is 23.2 Å². The van der Waals surface area contributed by atoms with Gasteiger partial charge in [0.05, 0.1) is 18.4 Å². The molecule has 0 aliphatic carbocycles. The summed E-state index contributed by atoms with van der Waals surface area (Å²) in [6.07, 6.45) is 0.432. The number of ether oxygens (including phenoxy) is 1. The molecule has 0 fully saturated rings. The van der Waals surface area contributed by atoms with Crippen LogP contribution in [0.2, 0.25) is 0 Å². The first-order chi connectivity index (χ1) is 9.92. The average molecular weight is 287 g/mol. The molecule has 1 aromatic heterocycles. The second-order valence-corrected chi connectivity index (χ2v) is 4.82. The summed E-state index contributed by atoms with van der Waals surface area (Å²) < 4.78 is 4.68. The molecule has 21 heavy (non-hydrogen) atoms. The molecule has 2 rings (SSSR count). The summed E-state index contributed by atoms with van der Waals surface area (Å²) in [7, 11) is 1.34. The van der Waals surface area contributed by atoms with Crippen LogP contribution >= 0.6 is 0 Å². The lowest BCUT2D eigenvalue weighted by Crippen LogP contribution is -2.19. The molecule has 0 spiro atoms. The second-order valence-electron chi connectivity index (χ2n) is 4.82. The van der Waals surface area contributed by atoms with Gasteiger partial charge < -0.3 is 10.5 Å². The highest BCUT2D eigenvalue weighted by Gasteiger charge is 2.12. The number of benzene rings is 1. The number of rotatable bonds is 3. The highest BCUT2D eigenvalue weighted by atomic mass is 16.5. The number of carbonyl (C=O) groups excluding carboxylic acids is 1. The number of anilines is 1. The van der Waals surface area contributed by atoms with Gasteiger partial charge in [0.2, 0.25) is 5.95 Å². The van der Waals surface area contributed by atoms with E-state index in [1.165, 1.54) is 7.11 Å². The van der Waals surface area contributed by atoms with Crippen LogP contribution in [0, 0.1) is 13.8 Å². The molecule has 0 saturated heterocycles. The van der Waals surface area contributed by atoms with E-state index in [9.17, 15) is 9.59 Å². The normalized spacial score (nSPS) is 10.4. The van der Waals surface area contributed by atoms with Crippen molar-refractivity contribution in [1.29, 1.82) is 0 Å². The van der Waals surface area contributed by atoms with E-state index in [0.717, 1.165) is 11.1 Å². The number of esters is 1. The highest BCUT2D eigenvalue weighted by Crippen LogP contribution is 2.16. The molecule has 0 radical (unpaired) electrons. The Hall–Kier alpha value is -2.63. The third-order valence-corrected chi connectivity index (χ3v) is 3.37. The number of hydrogen-bond acceptors (Lipinski definition) is 5. The average Bonchev–Trinajstić information content (AvgIpc) is 2.43. The molecular weight excluding hydrogens is 270 g/mol. The quantitative estimate of drug-likeness (QED) is 0.830. The number of nitrogens with zero attached hydrogens (tertiary/aromatic N) is 1. The lowest BCUT2D eigenvalue weighted by molar-refractivity contribution is 0.0600. The Kier molecular flexibility index (Phi) is 4.07. The molecule has 0 amide bonds. The zero-order valence-corrected chi connectivity index (χ0v) is 12.2. The first-order valence-electron chi connectivity index (χ1n) is 6.45. The summed E-state index contributed by atoms with van der Waals surface area (Å²) in [6.45, 7) is 3.63. The van der Waals surface area contributed by atoms with Crippen LogP contribution in [0.1, 0.15) is 32.7 Å². The Morgan fingerprint density at radius 2 is 2.10 bits per heavy atom. The molecule has 0 unspecified atom stereocenters. The third-order valence-electron chi connectivity index (χ3n) is 3.37. The minimum atomic E-state index is -0.382. The summed E-state index contributed by atoms with van der Waals surface area (Å²) in [6, 6.07) is 5.24. The van der Waals surface area contributed by atoms with Gasteiger partial charge in [-0.15, -0.1) is 0 Å². The Bertz CT molecular complexity index is 750. The number of aryl methyl sites for hydroxylation is 2. The molecule has 3 N–H and O–H groups in total. The van der Waals surface area contributed by atoms with Crippen molar-refractivity contribution in [3.63, 3.8) is 0 Å². The molecule has 1 aromatic carbocycles. The van der Waals surface area contributed by atoms with Crippen molar-refractivity contribution in [3.05, 3.63) is 56.5 Å². The smallest absolute Gasteiger partial charge is 0.337 e. The van der Waals surface area contributed by atoms with E-state index in [1.54, 1.807) is 19.1 Å². The van der Waals surface area contributed by atoms with Crippen LogP contribution in [0.15, 0.2) is 23.0 Å². The van der Waals surface area contributed by atoms with Crippen LogP contribution < -0.4 is 11.3 Å². The van der Waals surface area contributed by atoms with Crippen LogP contribution in [0.25, 0.3) is 0 Å². The Balaban J connectivity index is 2.37. The first kappa shape index (κ1) is 14.8. The number of nitrogen functional groups attached to an aromatic ring is 1. The van der Waals surface area contributed by atoms with Gasteiger partial charge in [-0.2, -0.15) is 0 Å². The minimum absolute atomic E-state index is 0.110. The van der Waals surface area contributed by atoms with Crippen molar-refractivity contribution in [2.75, 3.05) is 12.8 Å². The fourth-order valence-electron chi connectivity index (χ4n) is 2.17. The molecule has 0 atom stereocenters. The van der Waals surface area contributed by atoms with E-state index in [4.69, 9.17) is 5.73 Å². The van der Waals surface area contributed by atoms with Crippen LogP contribution in [0.5, 0.6) is 0 Å². The molecule has 2 aromatic rings. The second kappa shape index (κ2) is 5.78. The standard InChI is InChI=1S/C15H17N3O3/c1-8-6-11(14(20)21-3)5-4-10(8)7-12-9(2)17-15(16)18-13(12)19/h4-6H,7H2,1-3H3,(H3,16,17,18,19). The molecule has 0 aliphatic heterocycles. The minimum Gasteiger partial charge on any atom is -0.465 e. The predicted molar refractivity (Wildman–Crippen MR) is 79.3 cm³/mol. The van der Waals surface area contributed by atoms with Gasteiger partial charge >= 0.3 is 5.97 Å². The topological polar surface area (TPSA) is 98.1 Å². The SMILES string of the molecule is COC(=O)c1ccc(Cc2c(C)nc(N)[nH]c2=O)c(C)c1. The van der Waals surface area contributed by atoms with Crippen molar-refractivity contribution in [2.24, 2.45) is 0 Å². The number of hydrogen-bond donors (Lipinski definition) is 2. The van der Waals surface area contributed by atoms with Gasteiger partial charge in [0.15, 0.2) is 0 Å². The number of H-pyrrole nitrogens is 1. The Morgan fingerprint density at radius 1 is 1.38 bits per heavy atom. The third kappa shape index (κ3) is 3.10. The number of nitrogens with two attached hydrogens (primary N) is 1. The van der Waals surface area contributed by atoms with Crippen molar-refractivity contribution in [2.45, 2.75) is 20.3 Å². The first-order valence-corrected chi connectivity index (χ1v) is 6.45. The van der Waals surface area contributed by atoms with Crippen LogP contribution in [0.3, 0.4) is 0 Å². The van der Waals surface area contributed by atoms with Crippen molar-refractivity contribution >= 4 is 11.9 Å². The Labute approximate surface area is 122 Å². The molecule has 6 heteroatoms. The van der Waals surface area contributed by atoms with Crippen molar-refractivity contribution < 1.29 is 9.53 Å². The van der Waals surface area contributed by atoms with Crippen molar-refractivity contribution in [3.8, 4) is 0 Å². The molecule has 1 heterocycles. The van der Waals surface area contributed by atoms with Gasteiger partial charge in [-0.25, -0.2) is 9.78 Å². The summed E-state index contributed by atoms with van der Waals surface area (Å²) in [5, 5.41) is 0. The van der Waals surface area contributed by atoms with Gasteiger partial charge in [-0.3, -0.25) is 9.78 Å². The van der Waals surface area contributed by atoms with E-state index < -0.39 is 0 Å². The molecule has 0 saturated carbocycles. The molecule has 6 nitrogen and oxygen atoms in total. The zero-order chi connectivity index (χ0) is 15.6. The van der Waals surface area contributed by atoms with Gasteiger partial charge in [0, 0.05) is 12.0 Å². The van der Waals surface area contributed by atoms with E-state index >= 15 is 0 Å². The molecular formula is C15H17N3O3. The van der Waals surface area contributed by atoms with Crippen molar-refractivity contribution in [1.82, 2.24) is 9.97 Å². The van der Waals surface area contributed by atoms with E-state index in [-0.39, 0.29) is 17.5 Å². The molecule has 0 bridgehead atoms. The molecule has 110 valence electrons. The predicted octanol–water partition coefficient (Wildman–Crippen LogP) is 1.35. The number of methoxy groups -OCH3 is 1. The maximum absolute atomic E-state index is 11.9. The summed E-state index contributed by atoms with van der Waals surface area (Å²) >= 11 is 0. The zero-order valence-electron chi connectivity index (χ0n) is 12.2. The number of nitrogens with one attached hydrogen (secondary N) is 1. The Morgan fingerprint density at radius 3 is 2.67 bits per heavy atom. The monoisotopic (exact) mass is 287 g/mol. The fourth-order valence-corrected chi connectivity index (χ4v) is 2.17. The maximum atomic E-state index is 11.9. The van der Waals surface area contributed by atoms with Gasteiger partial charge in [0.25, 0.3) is 5.56 Å². The maximum Gasteiger partial charge on any atom is 0.337 e. The summed E-state index contributed by atoms with van der Waals surface area (Å²) in [4.78, 5) is 30.0. The van der Waals surface area contributed by atoms with Gasteiger partial charge in [0.1, 0.15) is 0 Å². The highest BCUT2D eigenvalue weighted by molar-refractivity contribution is 5.89. The fraction of sp³-hybridized carbons (Fsp3) is 0.267. The molecule has 0 aliphatic rings. The largest absolute Gasteiger partial charge is 0.465 e. The van der Waals surface area contributed by atoms with Gasteiger partial charge in [-0.1, -0.05) is 6.07 Å². The summed E-state index contributed by atoms with van der Waals surface area (Å²) in [5.41, 5.74) is 8.78. The summed E-state index contributed by atoms with van der Waals surface area (Å²) in [5.74, 6) is -0.271. The van der Waals surface area contributed by atoms with E-state index in [1.807, 2.05) is 13.0 Å². The number of aromatic amines is 1. The van der Waals surface area contributed by atoms with Gasteiger partial charge in [-0.05, 0) is 37.1 Å². The lowest BCUT2D eigenvalue weighted by atomic mass is 9.98. The van der Waals surface area contributed by atoms with Crippen LogP contribution in [-0.4, -0.2) is 23.0 Å². The van der Waals surface area contributed by atoms with Crippen LogP contribution in [-0.2, 0) is 11.2 Å². The van der Waals surface area contributed by atoms with Crippen LogP contribution in [0.4, 0.5) is 5.95 Å². The number of aromatic nitrogens is 2. The lowest BCUT2D eigenvalue weighted by Gasteiger charge is -2.09. The number of carbonyl (C=O) groups is 1. The van der Waals surface area contributed by atoms with E-state index in [2.05, 4.69) is 14.7 Å².